The third-order valence-electron chi connectivity index (χ3n) is 4.03. The van der Waals surface area contributed by atoms with Crippen molar-refractivity contribution in [3.05, 3.63) is 34.4 Å². The molecule has 0 amide bonds. The van der Waals surface area contributed by atoms with Crippen LogP contribution in [-0.2, 0) is 4.79 Å². The zero-order valence-corrected chi connectivity index (χ0v) is 10.6. The zero-order valence-electron chi connectivity index (χ0n) is 10.6. The number of nitrogens with two attached hydrogens (primary N) is 1. The largest absolute Gasteiger partial charge is 0.481 e. The van der Waals surface area contributed by atoms with Crippen LogP contribution in [0.2, 0.25) is 0 Å². The van der Waals surface area contributed by atoms with E-state index in [2.05, 4.69) is 13.0 Å². The summed E-state index contributed by atoms with van der Waals surface area (Å²) in [6.07, 6.45) is 1.38. The molecule has 0 saturated heterocycles. The number of carboxylic acids is 1. The van der Waals surface area contributed by atoms with Gasteiger partial charge in [-0.05, 0) is 55.9 Å². The minimum Gasteiger partial charge on any atom is -0.481 e. The third-order valence-corrected chi connectivity index (χ3v) is 4.03. The third kappa shape index (κ3) is 1.84. The summed E-state index contributed by atoms with van der Waals surface area (Å²) in [4.78, 5) is 11.3. The van der Waals surface area contributed by atoms with E-state index in [4.69, 9.17) is 5.73 Å². The molecule has 0 radical (unpaired) electrons. The predicted octanol–water partition coefficient (Wildman–Crippen LogP) is 2.48. The Kier molecular flexibility index (Phi) is 2.74. The Hall–Kier alpha value is -1.35. The summed E-state index contributed by atoms with van der Waals surface area (Å²) in [5.74, 6) is -0.761. The number of benzene rings is 1. The lowest BCUT2D eigenvalue weighted by Crippen LogP contribution is -2.30. The molecule has 3 nitrogen and oxygen atoms in total. The summed E-state index contributed by atoms with van der Waals surface area (Å²) >= 11 is 0. The fourth-order valence-electron chi connectivity index (χ4n) is 2.41. The Labute approximate surface area is 102 Å². The van der Waals surface area contributed by atoms with Gasteiger partial charge in [0.15, 0.2) is 0 Å². The number of hydrogen-bond donors (Lipinski definition) is 2. The molecule has 3 heteroatoms. The minimum absolute atomic E-state index is 0.390. The summed E-state index contributed by atoms with van der Waals surface area (Å²) < 4.78 is 0. The highest BCUT2D eigenvalue weighted by Crippen LogP contribution is 2.54. The molecule has 2 rings (SSSR count). The quantitative estimate of drug-likeness (QED) is 0.843. The van der Waals surface area contributed by atoms with Crippen molar-refractivity contribution in [2.75, 3.05) is 0 Å². The number of aliphatic carboxylic acids is 1. The van der Waals surface area contributed by atoms with E-state index in [0.717, 1.165) is 11.1 Å². The fraction of sp³-hybridized carbons (Fsp3) is 0.500. The molecule has 0 aliphatic heterocycles. The number of hydrogen-bond acceptors (Lipinski definition) is 2. The van der Waals surface area contributed by atoms with Gasteiger partial charge in [0.25, 0.3) is 0 Å². The Balaban J connectivity index is 2.41. The van der Waals surface area contributed by atoms with E-state index in [-0.39, 0.29) is 6.04 Å². The molecule has 92 valence electrons. The van der Waals surface area contributed by atoms with Gasteiger partial charge in [0, 0.05) is 6.04 Å². The molecule has 3 N–H and O–H groups in total. The monoisotopic (exact) mass is 233 g/mol. The Bertz CT molecular complexity index is 475. The van der Waals surface area contributed by atoms with E-state index in [1.54, 1.807) is 0 Å². The highest BCUT2D eigenvalue weighted by molar-refractivity contribution is 5.79. The van der Waals surface area contributed by atoms with Crippen LogP contribution in [0.5, 0.6) is 0 Å². The zero-order chi connectivity index (χ0) is 12.8. The maximum Gasteiger partial charge on any atom is 0.311 e. The molecule has 0 heterocycles. The fourth-order valence-corrected chi connectivity index (χ4v) is 2.41. The number of aryl methyl sites for hydroxylation is 3. The second-order valence-corrected chi connectivity index (χ2v) is 5.23. The van der Waals surface area contributed by atoms with Crippen molar-refractivity contribution in [2.24, 2.45) is 11.1 Å². The van der Waals surface area contributed by atoms with Gasteiger partial charge < -0.3 is 10.8 Å². The summed E-state index contributed by atoms with van der Waals surface area (Å²) in [6, 6.07) is 3.74. The van der Waals surface area contributed by atoms with Crippen LogP contribution in [0, 0.1) is 26.2 Å². The molecule has 1 aromatic carbocycles. The first-order valence-corrected chi connectivity index (χ1v) is 5.95. The molecule has 1 unspecified atom stereocenters. The first-order valence-electron chi connectivity index (χ1n) is 5.95. The molecule has 0 aromatic heterocycles. The molecule has 1 aliphatic carbocycles. The molecule has 1 aliphatic rings. The summed E-state index contributed by atoms with van der Waals surface area (Å²) in [5, 5.41) is 9.27. The molecule has 1 fully saturated rings. The van der Waals surface area contributed by atoms with Gasteiger partial charge in [-0.3, -0.25) is 4.79 Å². The van der Waals surface area contributed by atoms with Gasteiger partial charge in [0.2, 0.25) is 0 Å². The van der Waals surface area contributed by atoms with Gasteiger partial charge in [-0.1, -0.05) is 12.1 Å². The van der Waals surface area contributed by atoms with Crippen molar-refractivity contribution in [1.29, 1.82) is 0 Å². The molecule has 1 saturated carbocycles. The van der Waals surface area contributed by atoms with E-state index >= 15 is 0 Å². The molecule has 17 heavy (non-hydrogen) atoms. The predicted molar refractivity (Wildman–Crippen MR) is 66.9 cm³/mol. The van der Waals surface area contributed by atoms with Gasteiger partial charge in [-0.2, -0.15) is 0 Å². The second-order valence-electron chi connectivity index (χ2n) is 5.23. The maximum absolute atomic E-state index is 11.3. The van der Waals surface area contributed by atoms with E-state index in [1.807, 2.05) is 19.9 Å². The molecular formula is C14H19NO2. The van der Waals surface area contributed by atoms with Gasteiger partial charge in [0.1, 0.15) is 0 Å². The van der Waals surface area contributed by atoms with Crippen molar-refractivity contribution in [1.82, 2.24) is 0 Å². The average Bonchev–Trinajstić information content (AvgIpc) is 3.03. The lowest BCUT2D eigenvalue weighted by Gasteiger charge is -2.22. The van der Waals surface area contributed by atoms with Gasteiger partial charge in [-0.25, -0.2) is 0 Å². The van der Waals surface area contributed by atoms with Crippen molar-refractivity contribution >= 4 is 5.97 Å². The van der Waals surface area contributed by atoms with E-state index < -0.39 is 11.4 Å². The molecule has 0 bridgehead atoms. The van der Waals surface area contributed by atoms with Crippen molar-refractivity contribution in [3.8, 4) is 0 Å². The smallest absolute Gasteiger partial charge is 0.311 e. The van der Waals surface area contributed by atoms with Crippen LogP contribution < -0.4 is 5.73 Å². The maximum atomic E-state index is 11.3. The minimum atomic E-state index is -0.761. The first kappa shape index (κ1) is 12.1. The lowest BCUT2D eigenvalue weighted by molar-refractivity contribution is -0.144. The molecule has 0 spiro atoms. The Morgan fingerprint density at radius 3 is 2.24 bits per heavy atom. The van der Waals surface area contributed by atoms with Crippen LogP contribution in [0.3, 0.4) is 0 Å². The van der Waals surface area contributed by atoms with Gasteiger partial charge in [0.05, 0.1) is 5.41 Å². The highest BCUT2D eigenvalue weighted by Gasteiger charge is 2.55. The van der Waals surface area contributed by atoms with Crippen LogP contribution in [-0.4, -0.2) is 11.1 Å². The van der Waals surface area contributed by atoms with Gasteiger partial charge >= 0.3 is 5.97 Å². The molecule has 1 atom stereocenters. The van der Waals surface area contributed by atoms with E-state index in [1.165, 1.54) is 11.1 Å². The normalized spacial score (nSPS) is 18.8. The molecular weight excluding hydrogens is 214 g/mol. The average molecular weight is 233 g/mol. The van der Waals surface area contributed by atoms with Crippen LogP contribution in [0.15, 0.2) is 12.1 Å². The Morgan fingerprint density at radius 1 is 1.24 bits per heavy atom. The Morgan fingerprint density at radius 2 is 1.76 bits per heavy atom. The summed E-state index contributed by atoms with van der Waals surface area (Å²) in [6.45, 7) is 6.09. The van der Waals surface area contributed by atoms with Gasteiger partial charge in [-0.15, -0.1) is 0 Å². The second kappa shape index (κ2) is 3.84. The van der Waals surface area contributed by atoms with Crippen LogP contribution >= 0.6 is 0 Å². The SMILES string of the molecule is Cc1cc(C)c(C(N)C2(C(=O)O)CC2)cc1C. The topological polar surface area (TPSA) is 63.3 Å². The number of carboxylic acid groups (broad SMARTS) is 1. The number of rotatable bonds is 3. The van der Waals surface area contributed by atoms with Crippen molar-refractivity contribution < 1.29 is 9.90 Å². The van der Waals surface area contributed by atoms with Crippen molar-refractivity contribution in [3.63, 3.8) is 0 Å². The van der Waals surface area contributed by atoms with Crippen LogP contribution in [0.25, 0.3) is 0 Å². The highest BCUT2D eigenvalue weighted by atomic mass is 16.4. The molecule has 1 aromatic rings. The van der Waals surface area contributed by atoms with E-state index in [9.17, 15) is 9.90 Å². The summed E-state index contributed by atoms with van der Waals surface area (Å²) in [7, 11) is 0. The first-order chi connectivity index (χ1) is 7.88. The standard InChI is InChI=1S/C14H19NO2/c1-8-6-10(3)11(7-9(8)2)12(15)14(4-5-14)13(16)17/h6-7,12H,4-5,15H2,1-3H3,(H,16,17). The number of carbonyl (C=O) groups is 1. The van der Waals surface area contributed by atoms with Crippen molar-refractivity contribution in [2.45, 2.75) is 39.7 Å². The lowest BCUT2D eigenvalue weighted by atomic mass is 9.86. The van der Waals surface area contributed by atoms with E-state index in [0.29, 0.717) is 12.8 Å². The van der Waals surface area contributed by atoms with Crippen LogP contribution in [0.4, 0.5) is 0 Å². The summed E-state index contributed by atoms with van der Waals surface area (Å²) in [5.41, 5.74) is 9.92. The van der Waals surface area contributed by atoms with Crippen LogP contribution in [0.1, 0.15) is 41.1 Å².